The summed E-state index contributed by atoms with van der Waals surface area (Å²) in [4.78, 5) is 13.6. The molecule has 6 nitrogen and oxygen atoms in total. The number of thioether (sulfide) groups is 1. The first-order valence-electron chi connectivity index (χ1n) is 9.97. The number of benzene rings is 2. The van der Waals surface area contributed by atoms with Crippen LogP contribution in [0.3, 0.4) is 0 Å². The van der Waals surface area contributed by atoms with Gasteiger partial charge < -0.3 is 0 Å². The van der Waals surface area contributed by atoms with Gasteiger partial charge in [-0.25, -0.2) is 9.97 Å². The minimum Gasteiger partial charge on any atom is -0.270 e. The number of aryl methyl sites for hydroxylation is 2. The van der Waals surface area contributed by atoms with E-state index < -0.39 is 0 Å². The summed E-state index contributed by atoms with van der Waals surface area (Å²) < 4.78 is 2.08. The Morgan fingerprint density at radius 3 is 2.42 bits per heavy atom. The number of hydrogen-bond donors (Lipinski definition) is 0. The number of para-hydroxylation sites is 1. The average Bonchev–Trinajstić information content (AvgIpc) is 3.23. The first-order chi connectivity index (χ1) is 15.2. The van der Waals surface area contributed by atoms with Crippen molar-refractivity contribution in [1.29, 1.82) is 0 Å². The van der Waals surface area contributed by atoms with E-state index >= 15 is 0 Å². The second kappa shape index (κ2) is 8.28. The van der Waals surface area contributed by atoms with Crippen LogP contribution in [0.5, 0.6) is 0 Å². The molecule has 3 aromatic heterocycles. The summed E-state index contributed by atoms with van der Waals surface area (Å²) in [5.41, 5.74) is 5.13. The quantitative estimate of drug-likeness (QED) is 0.362. The molecule has 0 N–H and O–H groups in total. The molecule has 0 radical (unpaired) electrons. The van der Waals surface area contributed by atoms with Crippen molar-refractivity contribution in [3.8, 4) is 17.1 Å². The number of hydrogen-bond acceptors (Lipinski definition) is 6. The van der Waals surface area contributed by atoms with E-state index in [2.05, 4.69) is 57.0 Å². The lowest BCUT2D eigenvalue weighted by molar-refractivity contribution is 0.882. The number of aromatic nitrogens is 6. The predicted octanol–water partition coefficient (Wildman–Crippen LogP) is 5.18. The first kappa shape index (κ1) is 19.4. The van der Waals surface area contributed by atoms with Crippen LogP contribution in [-0.2, 0) is 5.75 Å². The summed E-state index contributed by atoms with van der Waals surface area (Å²) in [6.45, 7) is 4.10. The molecule has 31 heavy (non-hydrogen) atoms. The van der Waals surface area contributed by atoms with Gasteiger partial charge in [-0.1, -0.05) is 47.7 Å². The maximum Gasteiger partial charge on any atom is 0.196 e. The Labute approximate surface area is 184 Å². The highest BCUT2D eigenvalue weighted by molar-refractivity contribution is 7.98. The van der Waals surface area contributed by atoms with Gasteiger partial charge in [-0.05, 0) is 44.2 Å². The zero-order chi connectivity index (χ0) is 21.2. The molecule has 3 heterocycles. The minimum atomic E-state index is 0.603. The summed E-state index contributed by atoms with van der Waals surface area (Å²) >= 11 is 1.58. The highest BCUT2D eigenvalue weighted by Gasteiger charge is 2.17. The van der Waals surface area contributed by atoms with Crippen molar-refractivity contribution in [2.45, 2.75) is 24.8 Å². The smallest absolute Gasteiger partial charge is 0.196 e. The molecule has 0 spiro atoms. The van der Waals surface area contributed by atoms with Crippen molar-refractivity contribution in [3.63, 3.8) is 0 Å². The monoisotopic (exact) mass is 424 g/mol. The average molecular weight is 425 g/mol. The summed E-state index contributed by atoms with van der Waals surface area (Å²) in [6, 6.07) is 20.3. The van der Waals surface area contributed by atoms with Gasteiger partial charge in [-0.3, -0.25) is 9.55 Å². The van der Waals surface area contributed by atoms with Crippen LogP contribution in [0.15, 0.2) is 78.2 Å². The van der Waals surface area contributed by atoms with Crippen LogP contribution in [0, 0.1) is 13.8 Å². The van der Waals surface area contributed by atoms with E-state index in [0.29, 0.717) is 5.75 Å². The molecule has 0 saturated carbocycles. The van der Waals surface area contributed by atoms with Crippen LogP contribution in [0.25, 0.3) is 28.0 Å². The van der Waals surface area contributed by atoms with E-state index in [1.165, 1.54) is 5.56 Å². The molecular weight excluding hydrogens is 404 g/mol. The molecule has 5 rings (SSSR count). The second-order valence-electron chi connectivity index (χ2n) is 7.24. The lowest BCUT2D eigenvalue weighted by Crippen LogP contribution is -2.01. The molecule has 0 fully saturated rings. The van der Waals surface area contributed by atoms with Crippen LogP contribution < -0.4 is 0 Å². The number of rotatable bonds is 5. The van der Waals surface area contributed by atoms with Crippen LogP contribution in [0.2, 0.25) is 0 Å². The molecule has 7 heteroatoms. The fourth-order valence-corrected chi connectivity index (χ4v) is 4.27. The molecule has 0 atom stereocenters. The summed E-state index contributed by atoms with van der Waals surface area (Å²) in [5, 5.41) is 10.9. The largest absolute Gasteiger partial charge is 0.270 e. The van der Waals surface area contributed by atoms with Gasteiger partial charge in [0.05, 0.1) is 11.3 Å². The zero-order valence-electron chi connectivity index (χ0n) is 17.2. The van der Waals surface area contributed by atoms with Gasteiger partial charge in [0.25, 0.3) is 0 Å². The van der Waals surface area contributed by atoms with Crippen molar-refractivity contribution in [2.75, 3.05) is 0 Å². The van der Waals surface area contributed by atoms with Gasteiger partial charge in [-0.2, -0.15) is 0 Å². The van der Waals surface area contributed by atoms with Gasteiger partial charge in [0.2, 0.25) is 0 Å². The fourth-order valence-electron chi connectivity index (χ4n) is 3.47. The van der Waals surface area contributed by atoms with Crippen LogP contribution in [0.1, 0.15) is 17.1 Å². The van der Waals surface area contributed by atoms with Gasteiger partial charge >= 0.3 is 0 Å². The van der Waals surface area contributed by atoms with E-state index in [0.717, 1.165) is 44.7 Å². The van der Waals surface area contributed by atoms with Crippen LogP contribution in [0.4, 0.5) is 0 Å². The lowest BCUT2D eigenvalue weighted by atomic mass is 10.2. The van der Waals surface area contributed by atoms with Crippen LogP contribution >= 0.6 is 11.8 Å². The Kier molecular flexibility index (Phi) is 5.18. The van der Waals surface area contributed by atoms with Gasteiger partial charge in [0.1, 0.15) is 5.82 Å². The minimum absolute atomic E-state index is 0.603. The Bertz CT molecular complexity index is 1350. The van der Waals surface area contributed by atoms with Crippen molar-refractivity contribution in [2.24, 2.45) is 0 Å². The molecule has 152 valence electrons. The van der Waals surface area contributed by atoms with Crippen molar-refractivity contribution < 1.29 is 0 Å². The van der Waals surface area contributed by atoms with E-state index in [9.17, 15) is 0 Å². The Morgan fingerprint density at radius 2 is 1.61 bits per heavy atom. The first-order valence-corrected chi connectivity index (χ1v) is 11.0. The maximum atomic E-state index is 4.73. The Balaban J connectivity index is 1.52. The van der Waals surface area contributed by atoms with Crippen molar-refractivity contribution >= 4 is 22.7 Å². The lowest BCUT2D eigenvalue weighted by Gasteiger charge is -2.11. The van der Waals surface area contributed by atoms with Crippen molar-refractivity contribution in [1.82, 2.24) is 29.7 Å². The summed E-state index contributed by atoms with van der Waals surface area (Å²) in [5.74, 6) is 2.17. The third kappa shape index (κ3) is 3.92. The maximum absolute atomic E-state index is 4.73. The Morgan fingerprint density at radius 1 is 0.839 bits per heavy atom. The standard InChI is InChI=1S/C24H20N6S/c1-16-7-9-19(10-8-16)30-23(18-11-13-25-14-12-18)28-29-24(30)31-15-22-26-17(2)20-5-3-4-6-21(20)27-22/h3-14H,15H2,1-2H3. The van der Waals surface area contributed by atoms with E-state index in [4.69, 9.17) is 9.97 Å². The zero-order valence-corrected chi connectivity index (χ0v) is 18.0. The number of fused-ring (bicyclic) bond motifs is 1. The predicted molar refractivity (Wildman–Crippen MR) is 123 cm³/mol. The molecule has 0 aliphatic carbocycles. The second-order valence-corrected chi connectivity index (χ2v) is 8.19. The molecule has 0 saturated heterocycles. The van der Waals surface area contributed by atoms with Gasteiger partial charge in [-0.15, -0.1) is 10.2 Å². The third-order valence-electron chi connectivity index (χ3n) is 5.03. The molecule has 0 unspecified atom stereocenters. The number of nitrogens with zero attached hydrogens (tertiary/aromatic N) is 6. The molecule has 0 amide bonds. The molecule has 0 bridgehead atoms. The molecule has 0 aliphatic rings. The Hall–Kier alpha value is -3.58. The summed E-state index contributed by atoms with van der Waals surface area (Å²) in [7, 11) is 0. The highest BCUT2D eigenvalue weighted by Crippen LogP contribution is 2.29. The van der Waals surface area contributed by atoms with Crippen LogP contribution in [-0.4, -0.2) is 29.7 Å². The normalized spacial score (nSPS) is 11.2. The third-order valence-corrected chi connectivity index (χ3v) is 5.96. The van der Waals surface area contributed by atoms with Gasteiger partial charge in [0.15, 0.2) is 11.0 Å². The summed E-state index contributed by atoms with van der Waals surface area (Å²) in [6.07, 6.45) is 3.53. The van der Waals surface area contributed by atoms with E-state index in [1.54, 1.807) is 24.2 Å². The SMILES string of the molecule is Cc1ccc(-n2c(SCc3nc(C)c4ccccc4n3)nnc2-c2ccncc2)cc1. The number of pyridine rings is 1. The van der Waals surface area contributed by atoms with Crippen molar-refractivity contribution in [3.05, 3.63) is 90.1 Å². The van der Waals surface area contributed by atoms with Gasteiger partial charge in [0, 0.05) is 34.7 Å². The molecule has 0 aliphatic heterocycles. The molecular formula is C24H20N6S. The molecule has 2 aromatic carbocycles. The molecule has 5 aromatic rings. The fraction of sp³-hybridized carbons (Fsp3) is 0.125. The topological polar surface area (TPSA) is 69.4 Å². The van der Waals surface area contributed by atoms with E-state index in [-0.39, 0.29) is 0 Å². The van der Waals surface area contributed by atoms with E-state index in [1.807, 2.05) is 37.3 Å². The highest BCUT2D eigenvalue weighted by atomic mass is 32.2.